The summed E-state index contributed by atoms with van der Waals surface area (Å²) < 4.78 is 0. The van der Waals surface area contributed by atoms with Gasteiger partial charge < -0.3 is 5.32 Å². The molecule has 0 radical (unpaired) electrons. The zero-order valence-electron chi connectivity index (χ0n) is 7.06. The van der Waals surface area contributed by atoms with E-state index in [-0.39, 0.29) is 6.04 Å². The van der Waals surface area contributed by atoms with E-state index in [1.165, 1.54) is 6.42 Å². The van der Waals surface area contributed by atoms with Crippen molar-refractivity contribution >= 4 is 0 Å². The van der Waals surface area contributed by atoms with Crippen molar-refractivity contribution in [3.63, 3.8) is 0 Å². The zero-order chi connectivity index (χ0) is 8.10. The average Bonchev–Trinajstić information content (AvgIpc) is 2.52. The number of terminal acetylenes is 1. The number of hydrogen-bond donors (Lipinski definition) is 2. The molecule has 2 heteroatoms. The molecule has 1 aliphatic heterocycles. The van der Waals surface area contributed by atoms with E-state index < -0.39 is 0 Å². The zero-order valence-corrected chi connectivity index (χ0v) is 7.06. The van der Waals surface area contributed by atoms with Gasteiger partial charge in [0.2, 0.25) is 0 Å². The van der Waals surface area contributed by atoms with Gasteiger partial charge in [-0.3, -0.25) is 5.32 Å². The van der Waals surface area contributed by atoms with E-state index in [0.717, 1.165) is 19.5 Å². The maximum Gasteiger partial charge on any atom is 0.0686 e. The van der Waals surface area contributed by atoms with Gasteiger partial charge in [-0.05, 0) is 19.4 Å². The fourth-order valence-electron chi connectivity index (χ4n) is 1.37. The van der Waals surface area contributed by atoms with Crippen molar-refractivity contribution in [2.45, 2.75) is 31.8 Å². The van der Waals surface area contributed by atoms with Crippen LogP contribution in [-0.2, 0) is 0 Å². The predicted molar refractivity (Wildman–Crippen MR) is 47.3 cm³/mol. The monoisotopic (exact) mass is 152 g/mol. The van der Waals surface area contributed by atoms with Crippen LogP contribution < -0.4 is 10.6 Å². The summed E-state index contributed by atoms with van der Waals surface area (Å²) in [5, 5.41) is 6.71. The highest BCUT2D eigenvalue weighted by Crippen LogP contribution is 2.00. The summed E-state index contributed by atoms with van der Waals surface area (Å²) in [5.74, 6) is 2.74. The van der Waals surface area contributed by atoms with Crippen LogP contribution in [-0.4, -0.2) is 25.2 Å². The molecule has 0 aliphatic carbocycles. The number of hydrogen-bond acceptors (Lipinski definition) is 2. The second-order valence-corrected chi connectivity index (χ2v) is 2.98. The molecule has 1 saturated heterocycles. The Hall–Kier alpha value is -0.520. The van der Waals surface area contributed by atoms with E-state index >= 15 is 0 Å². The fraction of sp³-hybridized carbons (Fsp3) is 0.778. The minimum absolute atomic E-state index is 0.264. The third-order valence-electron chi connectivity index (χ3n) is 2.11. The lowest BCUT2D eigenvalue weighted by Crippen LogP contribution is -2.38. The SMILES string of the molecule is C#CC(CC)NC1CCNC1. The quantitative estimate of drug-likeness (QED) is 0.570. The molecule has 0 aromatic heterocycles. The van der Waals surface area contributed by atoms with E-state index in [4.69, 9.17) is 6.42 Å². The van der Waals surface area contributed by atoms with Crippen LogP contribution in [0.2, 0.25) is 0 Å². The van der Waals surface area contributed by atoms with Crippen LogP contribution in [0.3, 0.4) is 0 Å². The van der Waals surface area contributed by atoms with E-state index in [1.54, 1.807) is 0 Å². The van der Waals surface area contributed by atoms with Crippen molar-refractivity contribution in [3.8, 4) is 12.3 Å². The molecule has 0 bridgehead atoms. The third-order valence-corrected chi connectivity index (χ3v) is 2.11. The number of rotatable bonds is 3. The lowest BCUT2D eigenvalue weighted by atomic mass is 10.2. The molecule has 2 N–H and O–H groups in total. The second-order valence-electron chi connectivity index (χ2n) is 2.98. The highest BCUT2D eigenvalue weighted by Gasteiger charge is 2.15. The van der Waals surface area contributed by atoms with Gasteiger partial charge in [-0.1, -0.05) is 12.8 Å². The summed E-state index contributed by atoms with van der Waals surface area (Å²) >= 11 is 0. The smallest absolute Gasteiger partial charge is 0.0686 e. The molecule has 11 heavy (non-hydrogen) atoms. The largest absolute Gasteiger partial charge is 0.315 e. The first kappa shape index (κ1) is 8.58. The molecule has 2 unspecified atom stereocenters. The molecule has 0 saturated carbocycles. The second kappa shape index (κ2) is 4.38. The molecule has 0 aromatic carbocycles. The lowest BCUT2D eigenvalue weighted by molar-refractivity contribution is 0.495. The van der Waals surface area contributed by atoms with Crippen LogP contribution in [0.25, 0.3) is 0 Å². The standard InChI is InChI=1S/C9H16N2/c1-3-8(4-2)11-9-5-6-10-7-9/h1,8-11H,4-7H2,2H3. The summed E-state index contributed by atoms with van der Waals surface area (Å²) in [4.78, 5) is 0. The minimum atomic E-state index is 0.264. The Morgan fingerprint density at radius 1 is 1.82 bits per heavy atom. The Labute approximate surface area is 68.8 Å². The third kappa shape index (κ3) is 2.53. The van der Waals surface area contributed by atoms with Gasteiger partial charge in [0, 0.05) is 12.6 Å². The van der Waals surface area contributed by atoms with Crippen molar-refractivity contribution in [2.24, 2.45) is 0 Å². The van der Waals surface area contributed by atoms with E-state index in [2.05, 4.69) is 23.5 Å². The van der Waals surface area contributed by atoms with Crippen LogP contribution in [0.4, 0.5) is 0 Å². The first-order valence-corrected chi connectivity index (χ1v) is 4.29. The van der Waals surface area contributed by atoms with Gasteiger partial charge in [0.1, 0.15) is 0 Å². The molecule has 1 rings (SSSR count). The van der Waals surface area contributed by atoms with Gasteiger partial charge in [0.25, 0.3) is 0 Å². The predicted octanol–water partition coefficient (Wildman–Crippen LogP) is 0.350. The minimum Gasteiger partial charge on any atom is -0.315 e. The molecule has 1 fully saturated rings. The Morgan fingerprint density at radius 3 is 3.09 bits per heavy atom. The van der Waals surface area contributed by atoms with Crippen LogP contribution in [0, 0.1) is 12.3 Å². The maximum absolute atomic E-state index is 5.33. The number of nitrogens with one attached hydrogen (secondary N) is 2. The summed E-state index contributed by atoms with van der Waals surface area (Å²) in [6.45, 7) is 4.30. The normalized spacial score (nSPS) is 26.4. The topological polar surface area (TPSA) is 24.1 Å². The van der Waals surface area contributed by atoms with E-state index in [1.807, 2.05) is 0 Å². The Bertz CT molecular complexity index is 142. The Morgan fingerprint density at radius 2 is 2.64 bits per heavy atom. The van der Waals surface area contributed by atoms with Crippen LogP contribution in [0.5, 0.6) is 0 Å². The van der Waals surface area contributed by atoms with Crippen molar-refractivity contribution in [2.75, 3.05) is 13.1 Å². The first-order chi connectivity index (χ1) is 5.36. The molecular formula is C9H16N2. The lowest BCUT2D eigenvalue weighted by Gasteiger charge is -2.15. The van der Waals surface area contributed by atoms with Crippen LogP contribution in [0.15, 0.2) is 0 Å². The highest BCUT2D eigenvalue weighted by atomic mass is 15.0. The molecule has 2 nitrogen and oxygen atoms in total. The van der Waals surface area contributed by atoms with Gasteiger partial charge in [-0.15, -0.1) is 6.42 Å². The molecule has 0 spiro atoms. The van der Waals surface area contributed by atoms with Gasteiger partial charge >= 0.3 is 0 Å². The van der Waals surface area contributed by atoms with Crippen LogP contribution in [0.1, 0.15) is 19.8 Å². The van der Waals surface area contributed by atoms with Gasteiger partial charge in [-0.25, -0.2) is 0 Å². The van der Waals surface area contributed by atoms with Crippen molar-refractivity contribution in [1.82, 2.24) is 10.6 Å². The molecular weight excluding hydrogens is 136 g/mol. The van der Waals surface area contributed by atoms with Crippen LogP contribution >= 0.6 is 0 Å². The molecule has 0 aromatic rings. The molecule has 62 valence electrons. The van der Waals surface area contributed by atoms with Crippen molar-refractivity contribution < 1.29 is 0 Å². The molecule has 1 aliphatic rings. The summed E-state index contributed by atoms with van der Waals surface area (Å²) in [7, 11) is 0. The highest BCUT2D eigenvalue weighted by molar-refractivity contribution is 4.99. The first-order valence-electron chi connectivity index (χ1n) is 4.29. The Balaban J connectivity index is 2.23. The Kier molecular flexibility index (Phi) is 3.41. The van der Waals surface area contributed by atoms with Crippen molar-refractivity contribution in [1.29, 1.82) is 0 Å². The van der Waals surface area contributed by atoms with Gasteiger partial charge in [0.15, 0.2) is 0 Å². The van der Waals surface area contributed by atoms with Crippen molar-refractivity contribution in [3.05, 3.63) is 0 Å². The van der Waals surface area contributed by atoms with Gasteiger partial charge in [0.05, 0.1) is 6.04 Å². The molecule has 0 amide bonds. The maximum atomic E-state index is 5.33. The molecule has 2 atom stereocenters. The average molecular weight is 152 g/mol. The fourth-order valence-corrected chi connectivity index (χ4v) is 1.37. The van der Waals surface area contributed by atoms with E-state index in [9.17, 15) is 0 Å². The molecule has 1 heterocycles. The van der Waals surface area contributed by atoms with Gasteiger partial charge in [-0.2, -0.15) is 0 Å². The summed E-state index contributed by atoms with van der Waals surface area (Å²) in [6, 6.07) is 0.857. The van der Waals surface area contributed by atoms with E-state index in [0.29, 0.717) is 6.04 Å². The summed E-state index contributed by atoms with van der Waals surface area (Å²) in [5.41, 5.74) is 0. The summed E-state index contributed by atoms with van der Waals surface area (Å²) in [6.07, 6.45) is 7.56.